The van der Waals surface area contributed by atoms with Crippen molar-refractivity contribution < 1.29 is 18.5 Å². The van der Waals surface area contributed by atoms with Gasteiger partial charge >= 0.3 is 5.97 Å². The van der Waals surface area contributed by atoms with Crippen LogP contribution in [-0.4, -0.2) is 13.1 Å². The Labute approximate surface area is 92.3 Å². The Bertz CT molecular complexity index is 307. The third-order valence-corrected chi connectivity index (χ3v) is 1.61. The molecule has 0 bridgehead atoms. The summed E-state index contributed by atoms with van der Waals surface area (Å²) in [6.45, 7) is -0.410. The maximum Gasteiger partial charge on any atom is 0.372 e. The van der Waals surface area contributed by atoms with Crippen molar-refractivity contribution in [2.24, 2.45) is 0 Å². The zero-order chi connectivity index (χ0) is 9.68. The zero-order valence-corrected chi connectivity index (χ0v) is 9.49. The van der Waals surface area contributed by atoms with Gasteiger partial charge in [-0.25, -0.2) is 9.18 Å². The molecule has 0 saturated carbocycles. The molecule has 0 aliphatic heterocycles. The van der Waals surface area contributed by atoms with Crippen LogP contribution in [0.4, 0.5) is 4.39 Å². The van der Waals surface area contributed by atoms with Crippen molar-refractivity contribution in [1.29, 1.82) is 0 Å². The molecule has 1 aromatic rings. The molecular formula is C9H12BrFNO2+. The van der Waals surface area contributed by atoms with E-state index in [1.165, 1.54) is 7.11 Å². The molecule has 0 aromatic carbocycles. The lowest BCUT2D eigenvalue weighted by Gasteiger charge is -1.96. The summed E-state index contributed by atoms with van der Waals surface area (Å²) in [5, 5.41) is 0. The first-order valence-electron chi connectivity index (χ1n) is 3.87. The number of esters is 1. The summed E-state index contributed by atoms with van der Waals surface area (Å²) in [5.41, 5.74) is 0.548. The number of halogens is 2. The zero-order valence-electron chi connectivity index (χ0n) is 7.77. The van der Waals surface area contributed by atoms with E-state index < -0.39 is 6.67 Å². The summed E-state index contributed by atoms with van der Waals surface area (Å²) < 4.78 is 18.3. The number of pyridine rings is 1. The fraction of sp³-hybridized carbons (Fsp3) is 0.333. The Morgan fingerprint density at radius 3 is 2.93 bits per heavy atom. The van der Waals surface area contributed by atoms with E-state index >= 15 is 0 Å². The molecule has 3 nitrogen and oxygen atoms in total. The largest absolute Gasteiger partial charge is 0.464 e. The number of hydrogen-bond acceptors (Lipinski definition) is 2. The van der Waals surface area contributed by atoms with E-state index in [-0.39, 0.29) is 29.5 Å². The van der Waals surface area contributed by atoms with Gasteiger partial charge in [0.05, 0.1) is 7.11 Å². The van der Waals surface area contributed by atoms with Crippen molar-refractivity contribution in [3.05, 3.63) is 30.1 Å². The van der Waals surface area contributed by atoms with Gasteiger partial charge in [-0.1, -0.05) is 0 Å². The number of alkyl halides is 1. The number of carbonyl (C=O) groups excluding carboxylic acids is 1. The van der Waals surface area contributed by atoms with Crippen LogP contribution in [0.25, 0.3) is 0 Å². The van der Waals surface area contributed by atoms with Crippen LogP contribution in [0, 0.1) is 0 Å². The highest BCUT2D eigenvalue weighted by Crippen LogP contribution is 1.95. The molecule has 0 spiro atoms. The van der Waals surface area contributed by atoms with Crippen LogP contribution in [0.15, 0.2) is 24.5 Å². The lowest BCUT2D eigenvalue weighted by molar-refractivity contribution is -0.686. The number of carbonyl (C=O) groups is 1. The Morgan fingerprint density at radius 2 is 2.36 bits per heavy atom. The normalized spacial score (nSPS) is 9.00. The summed E-state index contributed by atoms with van der Waals surface area (Å²) >= 11 is 0. The third kappa shape index (κ3) is 3.83. The van der Waals surface area contributed by atoms with Gasteiger partial charge in [-0.2, -0.15) is 4.57 Å². The molecule has 5 heteroatoms. The second-order valence-corrected chi connectivity index (χ2v) is 2.59. The second-order valence-electron chi connectivity index (χ2n) is 2.59. The van der Waals surface area contributed by atoms with Gasteiger partial charge in [-0.3, -0.25) is 0 Å². The molecule has 0 aliphatic carbocycles. The van der Waals surface area contributed by atoms with E-state index in [2.05, 4.69) is 4.74 Å². The minimum absolute atomic E-state index is 0. The van der Waals surface area contributed by atoms with Crippen molar-refractivity contribution in [1.82, 2.24) is 0 Å². The predicted molar refractivity (Wildman–Crippen MR) is 53.8 cm³/mol. The minimum Gasteiger partial charge on any atom is -0.464 e. The molecule has 0 unspecified atom stereocenters. The Kier molecular flexibility index (Phi) is 6.03. The average molecular weight is 265 g/mol. The summed E-state index contributed by atoms with van der Waals surface area (Å²) in [4.78, 5) is 10.8. The van der Waals surface area contributed by atoms with E-state index in [1.807, 2.05) is 0 Å². The Morgan fingerprint density at radius 1 is 1.64 bits per heavy atom. The van der Waals surface area contributed by atoms with Gasteiger partial charge in [0, 0.05) is 11.6 Å². The maximum absolute atomic E-state index is 12.2. The lowest BCUT2D eigenvalue weighted by atomic mass is 10.3. The molecule has 0 atom stereocenters. The van der Waals surface area contributed by atoms with Crippen LogP contribution in [0.5, 0.6) is 0 Å². The summed E-state index contributed by atoms with van der Waals surface area (Å²) in [7, 11) is 1.32. The third-order valence-electron chi connectivity index (χ3n) is 1.61. The molecule has 0 amide bonds. The van der Waals surface area contributed by atoms with Crippen LogP contribution in [-0.2, 0) is 22.8 Å². The number of nitrogens with zero attached hydrogens (tertiary/aromatic N) is 1. The number of aromatic nitrogens is 1. The van der Waals surface area contributed by atoms with Crippen LogP contribution < -0.4 is 4.57 Å². The lowest BCUT2D eigenvalue weighted by Crippen LogP contribution is -2.38. The van der Waals surface area contributed by atoms with Gasteiger partial charge in [0.2, 0.25) is 6.54 Å². The highest BCUT2D eigenvalue weighted by atomic mass is 79.9. The molecule has 14 heavy (non-hydrogen) atoms. The van der Waals surface area contributed by atoms with Gasteiger partial charge < -0.3 is 4.74 Å². The Balaban J connectivity index is 0.00000169. The van der Waals surface area contributed by atoms with Gasteiger partial charge in [-0.15, -0.1) is 17.0 Å². The molecule has 0 radical (unpaired) electrons. The smallest absolute Gasteiger partial charge is 0.372 e. The standard InChI is InChI=1S/C9H11FNO2.BrH/c1-13-9(12)7-11-4-2-3-8(5-10)6-11;/h2-4,6H,5,7H2,1H3;1H/q+1;. The molecule has 1 heterocycles. The molecular weight excluding hydrogens is 253 g/mol. The predicted octanol–water partition coefficient (Wildman–Crippen LogP) is 1.19. The molecule has 0 aliphatic rings. The fourth-order valence-corrected chi connectivity index (χ4v) is 0.967. The maximum atomic E-state index is 12.2. The van der Waals surface area contributed by atoms with Crippen LogP contribution in [0.3, 0.4) is 0 Å². The minimum atomic E-state index is -0.526. The average Bonchev–Trinajstić information content (AvgIpc) is 2.18. The molecule has 78 valence electrons. The first-order chi connectivity index (χ1) is 6.26. The highest BCUT2D eigenvalue weighted by molar-refractivity contribution is 8.93. The van der Waals surface area contributed by atoms with Crippen LogP contribution in [0.1, 0.15) is 5.56 Å². The topological polar surface area (TPSA) is 30.2 Å². The number of hydrogen-bond donors (Lipinski definition) is 0. The van der Waals surface area contributed by atoms with Crippen molar-refractivity contribution in [3.63, 3.8) is 0 Å². The van der Waals surface area contributed by atoms with Crippen LogP contribution >= 0.6 is 17.0 Å². The highest BCUT2D eigenvalue weighted by Gasteiger charge is 2.08. The van der Waals surface area contributed by atoms with Crippen molar-refractivity contribution in [2.75, 3.05) is 7.11 Å². The van der Waals surface area contributed by atoms with Crippen molar-refractivity contribution in [2.45, 2.75) is 13.2 Å². The van der Waals surface area contributed by atoms with E-state index in [4.69, 9.17) is 0 Å². The second kappa shape index (κ2) is 6.48. The summed E-state index contributed by atoms with van der Waals surface area (Å²) in [5.74, 6) is -0.346. The fourth-order valence-electron chi connectivity index (χ4n) is 0.967. The SMILES string of the molecule is Br.COC(=O)C[n+]1cccc(CF)c1. The van der Waals surface area contributed by atoms with Crippen LogP contribution in [0.2, 0.25) is 0 Å². The van der Waals surface area contributed by atoms with Crippen molar-refractivity contribution in [3.8, 4) is 0 Å². The van der Waals surface area contributed by atoms with E-state index in [0.717, 1.165) is 0 Å². The van der Waals surface area contributed by atoms with Gasteiger partial charge in [-0.05, 0) is 6.07 Å². The van der Waals surface area contributed by atoms with Gasteiger partial charge in [0.1, 0.15) is 6.67 Å². The molecule has 1 rings (SSSR count). The molecule has 1 aromatic heterocycles. The first kappa shape index (κ1) is 13.0. The molecule has 0 saturated heterocycles. The Hall–Kier alpha value is -0.970. The molecule has 0 fully saturated rings. The molecule has 0 N–H and O–H groups in total. The summed E-state index contributed by atoms with van der Waals surface area (Å²) in [6, 6.07) is 3.35. The number of ether oxygens (including phenoxy) is 1. The van der Waals surface area contributed by atoms with E-state index in [1.54, 1.807) is 29.1 Å². The van der Waals surface area contributed by atoms with Gasteiger partial charge in [0.25, 0.3) is 0 Å². The number of rotatable bonds is 3. The summed E-state index contributed by atoms with van der Waals surface area (Å²) in [6.07, 6.45) is 3.27. The quantitative estimate of drug-likeness (QED) is 0.607. The van der Waals surface area contributed by atoms with E-state index in [9.17, 15) is 9.18 Å². The van der Waals surface area contributed by atoms with E-state index in [0.29, 0.717) is 5.56 Å². The number of methoxy groups -OCH3 is 1. The van der Waals surface area contributed by atoms with Crippen molar-refractivity contribution >= 4 is 23.0 Å². The van der Waals surface area contributed by atoms with Gasteiger partial charge in [0.15, 0.2) is 12.4 Å². The monoisotopic (exact) mass is 264 g/mol. The first-order valence-corrected chi connectivity index (χ1v) is 3.87.